The molecule has 1 rings (SSSR count). The van der Waals surface area contributed by atoms with Gasteiger partial charge in [-0.1, -0.05) is 0 Å². The molecule has 0 aliphatic heterocycles. The van der Waals surface area contributed by atoms with E-state index in [1.54, 1.807) is 19.5 Å². The number of carbonyl (C=O) groups is 1. The van der Waals surface area contributed by atoms with Crippen molar-refractivity contribution in [3.8, 4) is 0 Å². The molecular formula is C9H14N2O2S. The van der Waals surface area contributed by atoms with Crippen molar-refractivity contribution in [1.29, 1.82) is 0 Å². The number of rotatable bonds is 4. The van der Waals surface area contributed by atoms with Crippen LogP contribution in [0.5, 0.6) is 0 Å². The van der Waals surface area contributed by atoms with Gasteiger partial charge in [-0.15, -0.1) is 11.3 Å². The van der Waals surface area contributed by atoms with Gasteiger partial charge in [0.15, 0.2) is 0 Å². The summed E-state index contributed by atoms with van der Waals surface area (Å²) in [4.78, 5) is 16.5. The van der Waals surface area contributed by atoms with Crippen LogP contribution in [0, 0.1) is 6.92 Å². The van der Waals surface area contributed by atoms with E-state index < -0.39 is 0 Å². The predicted molar refractivity (Wildman–Crippen MR) is 55.3 cm³/mol. The molecular weight excluding hydrogens is 200 g/mol. The molecule has 0 radical (unpaired) electrons. The maximum Gasteiger partial charge on any atom is 0.328 e. The summed E-state index contributed by atoms with van der Waals surface area (Å²) in [5.74, 6) is -0.248. The van der Waals surface area contributed by atoms with Crippen LogP contribution < -0.4 is 5.32 Å². The van der Waals surface area contributed by atoms with E-state index in [1.807, 2.05) is 6.92 Å². The molecule has 0 aliphatic carbocycles. The maximum absolute atomic E-state index is 11.5. The quantitative estimate of drug-likeness (QED) is 0.767. The van der Waals surface area contributed by atoms with Gasteiger partial charge in [0, 0.05) is 0 Å². The van der Waals surface area contributed by atoms with Gasteiger partial charge >= 0.3 is 5.97 Å². The Morgan fingerprint density at radius 2 is 2.50 bits per heavy atom. The fourth-order valence-corrected chi connectivity index (χ4v) is 2.07. The van der Waals surface area contributed by atoms with Gasteiger partial charge in [0.2, 0.25) is 0 Å². The SMILES string of the molecule is CCOC(=O)C(NC)c1scnc1C. The normalized spacial score (nSPS) is 12.5. The lowest BCUT2D eigenvalue weighted by Crippen LogP contribution is -2.27. The van der Waals surface area contributed by atoms with E-state index in [-0.39, 0.29) is 12.0 Å². The van der Waals surface area contributed by atoms with Crippen LogP contribution in [0.2, 0.25) is 0 Å². The van der Waals surface area contributed by atoms with Gasteiger partial charge in [0.1, 0.15) is 6.04 Å². The Bertz CT molecular complexity index is 312. The van der Waals surface area contributed by atoms with Crippen molar-refractivity contribution >= 4 is 17.3 Å². The minimum absolute atomic E-state index is 0.248. The van der Waals surface area contributed by atoms with Gasteiger partial charge in [-0.2, -0.15) is 0 Å². The van der Waals surface area contributed by atoms with Gasteiger partial charge in [-0.05, 0) is 20.9 Å². The maximum atomic E-state index is 11.5. The minimum Gasteiger partial charge on any atom is -0.465 e. The van der Waals surface area contributed by atoms with Gasteiger partial charge in [0.25, 0.3) is 0 Å². The van der Waals surface area contributed by atoms with E-state index in [0.717, 1.165) is 10.6 Å². The van der Waals surface area contributed by atoms with Crippen molar-refractivity contribution in [3.63, 3.8) is 0 Å². The van der Waals surface area contributed by atoms with E-state index in [2.05, 4.69) is 10.3 Å². The zero-order chi connectivity index (χ0) is 10.6. The number of ether oxygens (including phenoxy) is 1. The number of esters is 1. The van der Waals surface area contributed by atoms with Crippen LogP contribution in [-0.2, 0) is 9.53 Å². The summed E-state index contributed by atoms with van der Waals surface area (Å²) in [6.45, 7) is 4.08. The van der Waals surface area contributed by atoms with E-state index in [9.17, 15) is 4.79 Å². The van der Waals surface area contributed by atoms with Crippen molar-refractivity contribution in [3.05, 3.63) is 16.1 Å². The Morgan fingerprint density at radius 3 is 2.93 bits per heavy atom. The number of thiazole rings is 1. The lowest BCUT2D eigenvalue weighted by atomic mass is 10.2. The molecule has 1 heterocycles. The van der Waals surface area contributed by atoms with Gasteiger partial charge in [0.05, 0.1) is 22.7 Å². The predicted octanol–water partition coefficient (Wildman–Crippen LogP) is 1.28. The fourth-order valence-electron chi connectivity index (χ4n) is 1.17. The molecule has 0 aliphatic rings. The third-order valence-corrected chi connectivity index (χ3v) is 2.85. The average Bonchev–Trinajstić information content (AvgIpc) is 2.54. The molecule has 0 aromatic carbocycles. The van der Waals surface area contributed by atoms with Crippen LogP contribution in [0.15, 0.2) is 5.51 Å². The second-order valence-corrected chi connectivity index (χ2v) is 3.66. The minimum atomic E-state index is -0.387. The summed E-state index contributed by atoms with van der Waals surface area (Å²) in [6.07, 6.45) is 0. The summed E-state index contributed by atoms with van der Waals surface area (Å²) in [5.41, 5.74) is 2.61. The summed E-state index contributed by atoms with van der Waals surface area (Å²) < 4.78 is 4.95. The third-order valence-electron chi connectivity index (χ3n) is 1.86. The van der Waals surface area contributed by atoms with Crippen LogP contribution in [0.25, 0.3) is 0 Å². The smallest absolute Gasteiger partial charge is 0.328 e. The number of carbonyl (C=O) groups excluding carboxylic acids is 1. The highest BCUT2D eigenvalue weighted by atomic mass is 32.1. The number of hydrogen-bond acceptors (Lipinski definition) is 5. The zero-order valence-corrected chi connectivity index (χ0v) is 9.35. The molecule has 0 fully saturated rings. The standard InChI is InChI=1S/C9H14N2O2S/c1-4-13-9(12)7(10-3)8-6(2)11-5-14-8/h5,7,10H,4H2,1-3H3. The highest BCUT2D eigenvalue weighted by Gasteiger charge is 2.23. The molecule has 0 saturated carbocycles. The van der Waals surface area contributed by atoms with Crippen LogP contribution in [-0.4, -0.2) is 24.6 Å². The van der Waals surface area contributed by atoms with Crippen molar-refractivity contribution in [2.75, 3.05) is 13.7 Å². The molecule has 0 spiro atoms. The second kappa shape index (κ2) is 5.07. The van der Waals surface area contributed by atoms with Crippen molar-refractivity contribution in [2.45, 2.75) is 19.9 Å². The lowest BCUT2D eigenvalue weighted by molar-refractivity contribution is -0.145. The van der Waals surface area contributed by atoms with E-state index >= 15 is 0 Å². The second-order valence-electron chi connectivity index (χ2n) is 2.78. The monoisotopic (exact) mass is 214 g/mol. The first-order valence-corrected chi connectivity index (χ1v) is 5.32. The van der Waals surface area contributed by atoms with Crippen molar-refractivity contribution < 1.29 is 9.53 Å². The van der Waals surface area contributed by atoms with Gasteiger partial charge < -0.3 is 10.1 Å². The first kappa shape index (κ1) is 11.1. The molecule has 0 saturated heterocycles. The zero-order valence-electron chi connectivity index (χ0n) is 8.53. The Hall–Kier alpha value is -0.940. The third kappa shape index (κ3) is 2.30. The fraction of sp³-hybridized carbons (Fsp3) is 0.556. The molecule has 1 unspecified atom stereocenters. The van der Waals surface area contributed by atoms with E-state index in [0.29, 0.717) is 6.61 Å². The molecule has 0 bridgehead atoms. The first-order chi connectivity index (χ1) is 6.70. The Kier molecular flexibility index (Phi) is 4.03. The molecule has 0 amide bonds. The van der Waals surface area contributed by atoms with Crippen LogP contribution in [0.3, 0.4) is 0 Å². The number of likely N-dealkylation sites (N-methyl/N-ethyl adjacent to an activating group) is 1. The van der Waals surface area contributed by atoms with Crippen LogP contribution in [0.4, 0.5) is 0 Å². The number of aromatic nitrogens is 1. The molecule has 78 valence electrons. The molecule has 1 N–H and O–H groups in total. The first-order valence-electron chi connectivity index (χ1n) is 4.44. The molecule has 5 heteroatoms. The Balaban J connectivity index is 2.82. The highest BCUT2D eigenvalue weighted by Crippen LogP contribution is 2.22. The summed E-state index contributed by atoms with van der Waals surface area (Å²) >= 11 is 1.46. The number of aryl methyl sites for hydroxylation is 1. The van der Waals surface area contributed by atoms with Gasteiger partial charge in [-0.25, -0.2) is 9.78 Å². The summed E-state index contributed by atoms with van der Waals surface area (Å²) in [6, 6.07) is -0.387. The molecule has 4 nitrogen and oxygen atoms in total. The van der Waals surface area contributed by atoms with Crippen molar-refractivity contribution in [2.24, 2.45) is 0 Å². The largest absolute Gasteiger partial charge is 0.465 e. The summed E-state index contributed by atoms with van der Waals surface area (Å²) in [7, 11) is 1.74. The Morgan fingerprint density at radius 1 is 1.79 bits per heavy atom. The van der Waals surface area contributed by atoms with E-state index in [4.69, 9.17) is 4.74 Å². The summed E-state index contributed by atoms with van der Waals surface area (Å²) in [5, 5.41) is 2.93. The van der Waals surface area contributed by atoms with Crippen molar-refractivity contribution in [1.82, 2.24) is 10.3 Å². The van der Waals surface area contributed by atoms with Gasteiger partial charge in [-0.3, -0.25) is 0 Å². The van der Waals surface area contributed by atoms with E-state index in [1.165, 1.54) is 11.3 Å². The molecule has 1 aromatic heterocycles. The Labute approximate surface area is 87.3 Å². The molecule has 1 aromatic rings. The number of hydrogen-bond donors (Lipinski definition) is 1. The highest BCUT2D eigenvalue weighted by molar-refractivity contribution is 7.10. The number of nitrogens with zero attached hydrogens (tertiary/aromatic N) is 1. The lowest BCUT2D eigenvalue weighted by Gasteiger charge is -2.13. The van der Waals surface area contributed by atoms with Crippen LogP contribution >= 0.6 is 11.3 Å². The molecule has 14 heavy (non-hydrogen) atoms. The topological polar surface area (TPSA) is 51.2 Å². The average molecular weight is 214 g/mol. The number of nitrogens with one attached hydrogen (secondary N) is 1. The van der Waals surface area contributed by atoms with Crippen LogP contribution in [0.1, 0.15) is 23.5 Å². The molecule has 1 atom stereocenters.